The van der Waals surface area contributed by atoms with E-state index in [4.69, 9.17) is 8.83 Å². The summed E-state index contributed by atoms with van der Waals surface area (Å²) in [5, 5.41) is 0.883. The van der Waals surface area contributed by atoms with Gasteiger partial charge in [-0.2, -0.15) is 0 Å². The van der Waals surface area contributed by atoms with Crippen LogP contribution in [0.2, 0.25) is 0 Å². The number of aromatic nitrogens is 1. The zero-order valence-electron chi connectivity index (χ0n) is 15.6. The number of fused-ring (bicyclic) bond motifs is 3. The minimum absolute atomic E-state index is 0.0734. The topological polar surface area (TPSA) is 59.5 Å². The minimum atomic E-state index is -0.438. The molecule has 0 amide bonds. The fourth-order valence-electron chi connectivity index (χ4n) is 3.85. The van der Waals surface area contributed by atoms with E-state index in [0.717, 1.165) is 29.6 Å². The monoisotopic (exact) mass is 360 g/mol. The Hall–Kier alpha value is -3.08. The van der Waals surface area contributed by atoms with Crippen LogP contribution < -0.4 is 10.5 Å². The maximum absolute atomic E-state index is 12.6. The first-order valence-electron chi connectivity index (χ1n) is 9.12. The molecule has 0 saturated carbocycles. The molecule has 0 aliphatic carbocycles. The van der Waals surface area contributed by atoms with E-state index in [1.54, 1.807) is 0 Å². The van der Waals surface area contributed by atoms with Gasteiger partial charge in [0.05, 0.1) is 0 Å². The zero-order chi connectivity index (χ0) is 18.8. The van der Waals surface area contributed by atoms with Crippen molar-refractivity contribution in [2.45, 2.75) is 25.7 Å². The highest BCUT2D eigenvalue weighted by Gasteiger charge is 2.30. The summed E-state index contributed by atoms with van der Waals surface area (Å²) in [6, 6.07) is 13.4. The molecule has 0 fully saturated rings. The summed E-state index contributed by atoms with van der Waals surface area (Å²) in [5.41, 5.74) is 4.33. The molecule has 2 aromatic carbocycles. The summed E-state index contributed by atoms with van der Waals surface area (Å²) in [5.74, 6) is 0.293. The number of hydrogen-bond acceptors (Lipinski definition) is 5. The molecule has 0 N–H and O–H groups in total. The number of hydrogen-bond donors (Lipinski definition) is 0. The molecule has 1 aliphatic rings. The summed E-state index contributed by atoms with van der Waals surface area (Å²) >= 11 is 0. The molecule has 5 heteroatoms. The summed E-state index contributed by atoms with van der Waals surface area (Å²) in [6.45, 7) is 5.49. The number of para-hydroxylation sites is 2. The van der Waals surface area contributed by atoms with Gasteiger partial charge in [0.25, 0.3) is 0 Å². The van der Waals surface area contributed by atoms with Crippen LogP contribution in [0.4, 0.5) is 5.69 Å². The first-order valence-corrected chi connectivity index (χ1v) is 9.12. The Morgan fingerprint density at radius 2 is 1.89 bits per heavy atom. The molecule has 0 unspecified atom stereocenters. The van der Waals surface area contributed by atoms with Gasteiger partial charge in [-0.05, 0) is 41.7 Å². The Morgan fingerprint density at radius 1 is 1.07 bits per heavy atom. The Balaban J connectivity index is 1.74. The van der Waals surface area contributed by atoms with Crippen molar-refractivity contribution < 1.29 is 8.83 Å². The minimum Gasteiger partial charge on any atom is -0.436 e. The molecule has 2 aromatic heterocycles. The van der Waals surface area contributed by atoms with Crippen molar-refractivity contribution in [3.8, 4) is 11.5 Å². The van der Waals surface area contributed by atoms with Crippen LogP contribution in [0.3, 0.4) is 0 Å². The number of oxazole rings is 1. The van der Waals surface area contributed by atoms with Gasteiger partial charge in [0.2, 0.25) is 5.89 Å². The van der Waals surface area contributed by atoms with Crippen molar-refractivity contribution in [2.75, 3.05) is 18.5 Å². The van der Waals surface area contributed by atoms with Crippen molar-refractivity contribution in [2.24, 2.45) is 0 Å². The highest BCUT2D eigenvalue weighted by atomic mass is 16.4. The SMILES string of the molecule is CN1CCC(C)(C)c2cc3cc(-c4nc5ccccc5o4)c(=O)oc3cc21. The molecule has 4 aromatic rings. The highest BCUT2D eigenvalue weighted by molar-refractivity contribution is 5.87. The van der Waals surface area contributed by atoms with Crippen LogP contribution >= 0.6 is 0 Å². The Kier molecular flexibility index (Phi) is 3.26. The van der Waals surface area contributed by atoms with Gasteiger partial charge in [-0.3, -0.25) is 0 Å². The standard InChI is InChI=1S/C22H20N2O3/c1-22(2)8-9-24(3)17-12-19-13(11-15(17)22)10-14(21(25)27-19)20-23-16-6-4-5-7-18(16)26-20/h4-7,10-12H,8-9H2,1-3H3. The summed E-state index contributed by atoms with van der Waals surface area (Å²) in [6.07, 6.45) is 1.08. The van der Waals surface area contributed by atoms with E-state index < -0.39 is 5.63 Å². The van der Waals surface area contributed by atoms with Crippen LogP contribution in [0.25, 0.3) is 33.5 Å². The van der Waals surface area contributed by atoms with E-state index in [1.807, 2.05) is 36.4 Å². The molecule has 3 heterocycles. The molecule has 0 spiro atoms. The molecule has 5 nitrogen and oxygen atoms in total. The van der Waals surface area contributed by atoms with E-state index >= 15 is 0 Å². The number of rotatable bonds is 1. The van der Waals surface area contributed by atoms with Crippen molar-refractivity contribution in [1.82, 2.24) is 4.98 Å². The van der Waals surface area contributed by atoms with Crippen LogP contribution in [-0.2, 0) is 5.41 Å². The first kappa shape index (κ1) is 16.1. The van der Waals surface area contributed by atoms with Crippen LogP contribution in [0, 0.1) is 0 Å². The number of nitrogens with zero attached hydrogens (tertiary/aromatic N) is 2. The quantitative estimate of drug-likeness (QED) is 0.460. The van der Waals surface area contributed by atoms with Gasteiger partial charge in [0.15, 0.2) is 5.58 Å². The molecule has 1 aliphatic heterocycles. The fourth-order valence-corrected chi connectivity index (χ4v) is 3.85. The van der Waals surface area contributed by atoms with Gasteiger partial charge in [0.1, 0.15) is 16.7 Å². The van der Waals surface area contributed by atoms with Crippen molar-refractivity contribution in [3.63, 3.8) is 0 Å². The maximum atomic E-state index is 12.6. The molecular formula is C22H20N2O3. The number of anilines is 1. The third-order valence-corrected chi connectivity index (χ3v) is 5.59. The second-order valence-corrected chi connectivity index (χ2v) is 7.90. The summed E-state index contributed by atoms with van der Waals surface area (Å²) < 4.78 is 11.4. The second kappa shape index (κ2) is 5.46. The van der Waals surface area contributed by atoms with Crippen LogP contribution in [0.1, 0.15) is 25.8 Å². The van der Waals surface area contributed by atoms with Crippen LogP contribution in [0.15, 0.2) is 56.1 Å². The Bertz CT molecular complexity index is 1220. The normalized spacial score (nSPS) is 16.0. The lowest BCUT2D eigenvalue weighted by Gasteiger charge is -2.38. The third-order valence-electron chi connectivity index (χ3n) is 5.59. The lowest BCUT2D eigenvalue weighted by atomic mass is 9.77. The van der Waals surface area contributed by atoms with Gasteiger partial charge in [-0.1, -0.05) is 26.0 Å². The maximum Gasteiger partial charge on any atom is 0.349 e. The van der Waals surface area contributed by atoms with Crippen molar-refractivity contribution >= 4 is 27.8 Å². The fraction of sp³-hybridized carbons (Fsp3) is 0.273. The first-order chi connectivity index (χ1) is 12.9. The van der Waals surface area contributed by atoms with Crippen molar-refractivity contribution in [3.05, 3.63) is 58.4 Å². The van der Waals surface area contributed by atoms with E-state index in [1.165, 1.54) is 5.56 Å². The van der Waals surface area contributed by atoms with E-state index in [-0.39, 0.29) is 5.41 Å². The molecule has 27 heavy (non-hydrogen) atoms. The van der Waals surface area contributed by atoms with Crippen LogP contribution in [0.5, 0.6) is 0 Å². The summed E-state index contributed by atoms with van der Waals surface area (Å²) in [7, 11) is 2.07. The Labute approximate surface area is 156 Å². The van der Waals surface area contributed by atoms with E-state index in [9.17, 15) is 4.79 Å². The van der Waals surface area contributed by atoms with Crippen molar-refractivity contribution in [1.29, 1.82) is 0 Å². The Morgan fingerprint density at radius 3 is 2.70 bits per heavy atom. The lowest BCUT2D eigenvalue weighted by molar-refractivity contribution is 0.462. The molecule has 0 bridgehead atoms. The van der Waals surface area contributed by atoms with E-state index in [2.05, 4.69) is 36.8 Å². The van der Waals surface area contributed by atoms with Gasteiger partial charge in [-0.25, -0.2) is 9.78 Å². The molecule has 136 valence electrons. The smallest absolute Gasteiger partial charge is 0.349 e. The predicted octanol–water partition coefficient (Wildman–Crippen LogP) is 4.72. The summed E-state index contributed by atoms with van der Waals surface area (Å²) in [4.78, 5) is 19.3. The number of benzene rings is 2. The molecular weight excluding hydrogens is 340 g/mol. The zero-order valence-corrected chi connectivity index (χ0v) is 15.6. The average molecular weight is 360 g/mol. The van der Waals surface area contributed by atoms with Gasteiger partial charge < -0.3 is 13.7 Å². The second-order valence-electron chi connectivity index (χ2n) is 7.90. The molecule has 0 atom stereocenters. The van der Waals surface area contributed by atoms with Gasteiger partial charge in [-0.15, -0.1) is 0 Å². The third kappa shape index (κ3) is 2.46. The average Bonchev–Trinajstić information content (AvgIpc) is 3.07. The lowest BCUT2D eigenvalue weighted by Crippen LogP contribution is -2.34. The van der Waals surface area contributed by atoms with Gasteiger partial charge in [0, 0.05) is 30.7 Å². The molecule has 5 rings (SSSR count). The highest BCUT2D eigenvalue weighted by Crippen LogP contribution is 2.41. The van der Waals surface area contributed by atoms with Gasteiger partial charge >= 0.3 is 5.63 Å². The van der Waals surface area contributed by atoms with E-state index in [0.29, 0.717) is 22.6 Å². The molecule has 0 radical (unpaired) electrons. The predicted molar refractivity (Wildman–Crippen MR) is 106 cm³/mol. The van der Waals surface area contributed by atoms with Crippen LogP contribution in [-0.4, -0.2) is 18.6 Å². The molecule has 0 saturated heterocycles. The largest absolute Gasteiger partial charge is 0.436 e.